The smallest absolute Gasteiger partial charge is 0.340 e. The van der Waals surface area contributed by atoms with E-state index in [0.29, 0.717) is 12.0 Å². The van der Waals surface area contributed by atoms with E-state index in [4.69, 9.17) is 9.52 Å². The number of fused-ring (bicyclic) bond motifs is 1. The summed E-state index contributed by atoms with van der Waals surface area (Å²) in [6.45, 7) is 1.90. The molecule has 88 valence electrons. The summed E-state index contributed by atoms with van der Waals surface area (Å²) >= 11 is 0. The van der Waals surface area contributed by atoms with Crippen LogP contribution < -0.4 is 5.63 Å². The van der Waals surface area contributed by atoms with Gasteiger partial charge >= 0.3 is 11.6 Å². The Labute approximate surface area is 97.5 Å². The maximum absolute atomic E-state index is 11.7. The van der Waals surface area contributed by atoms with Crippen LogP contribution in [0.3, 0.4) is 0 Å². The van der Waals surface area contributed by atoms with E-state index in [1.165, 1.54) is 0 Å². The van der Waals surface area contributed by atoms with Crippen LogP contribution in [-0.4, -0.2) is 11.1 Å². The summed E-state index contributed by atoms with van der Waals surface area (Å²) in [5.74, 6) is -1.03. The van der Waals surface area contributed by atoms with Crippen molar-refractivity contribution in [3.8, 4) is 0 Å². The first-order valence-electron chi connectivity index (χ1n) is 5.39. The maximum Gasteiger partial charge on any atom is 0.340 e. The molecule has 0 fully saturated rings. The van der Waals surface area contributed by atoms with Crippen LogP contribution >= 0.6 is 0 Å². The number of carbonyl (C=O) groups is 1. The van der Waals surface area contributed by atoms with Gasteiger partial charge in [-0.1, -0.05) is 25.1 Å². The largest absolute Gasteiger partial charge is 0.481 e. The Hall–Kier alpha value is -2.10. The molecule has 0 aliphatic rings. The van der Waals surface area contributed by atoms with Gasteiger partial charge in [0.25, 0.3) is 0 Å². The minimum atomic E-state index is -1.03. The van der Waals surface area contributed by atoms with Crippen molar-refractivity contribution in [2.75, 3.05) is 0 Å². The van der Waals surface area contributed by atoms with E-state index >= 15 is 0 Å². The van der Waals surface area contributed by atoms with Crippen molar-refractivity contribution in [3.05, 3.63) is 45.8 Å². The van der Waals surface area contributed by atoms with Gasteiger partial charge in [-0.05, 0) is 18.1 Å². The van der Waals surface area contributed by atoms with Gasteiger partial charge in [-0.2, -0.15) is 0 Å². The van der Waals surface area contributed by atoms with Gasteiger partial charge in [0.05, 0.1) is 12.0 Å². The molecule has 2 aromatic rings. The number of carboxylic acid groups (broad SMARTS) is 1. The number of aryl methyl sites for hydroxylation is 1. The molecular formula is C13H12O4. The number of para-hydroxylation sites is 1. The summed E-state index contributed by atoms with van der Waals surface area (Å²) in [4.78, 5) is 22.5. The standard InChI is InChI=1S/C13H12O4/c1-2-8-9-5-3-4-6-11(9)17-13(16)10(8)7-12(14)15/h3-6H,2,7H2,1H3,(H,14,15). The van der Waals surface area contributed by atoms with Crippen molar-refractivity contribution in [1.29, 1.82) is 0 Å². The summed E-state index contributed by atoms with van der Waals surface area (Å²) in [5, 5.41) is 9.61. The lowest BCUT2D eigenvalue weighted by molar-refractivity contribution is -0.136. The predicted octanol–water partition coefficient (Wildman–Crippen LogP) is 1.98. The number of carboxylic acids is 1. The molecule has 1 heterocycles. The quantitative estimate of drug-likeness (QED) is 0.821. The number of benzene rings is 1. The second kappa shape index (κ2) is 4.41. The topological polar surface area (TPSA) is 67.5 Å². The third-order valence-electron chi connectivity index (χ3n) is 2.71. The van der Waals surface area contributed by atoms with Crippen LogP contribution in [0.4, 0.5) is 0 Å². The summed E-state index contributed by atoms with van der Waals surface area (Å²) in [5.41, 5.74) is 0.962. The van der Waals surface area contributed by atoms with Gasteiger partial charge in [0.15, 0.2) is 0 Å². The van der Waals surface area contributed by atoms with Gasteiger partial charge < -0.3 is 9.52 Å². The summed E-state index contributed by atoms with van der Waals surface area (Å²) < 4.78 is 5.12. The molecule has 0 saturated heterocycles. The van der Waals surface area contributed by atoms with Crippen molar-refractivity contribution in [3.63, 3.8) is 0 Å². The Balaban J connectivity index is 2.78. The van der Waals surface area contributed by atoms with Crippen LogP contribution in [0.2, 0.25) is 0 Å². The van der Waals surface area contributed by atoms with Crippen LogP contribution in [0.25, 0.3) is 11.0 Å². The van der Waals surface area contributed by atoms with Crippen LogP contribution in [0.15, 0.2) is 33.5 Å². The Morgan fingerprint density at radius 3 is 2.65 bits per heavy atom. The molecule has 2 rings (SSSR count). The molecule has 4 nitrogen and oxygen atoms in total. The third-order valence-corrected chi connectivity index (χ3v) is 2.71. The maximum atomic E-state index is 11.7. The molecule has 0 atom stereocenters. The van der Waals surface area contributed by atoms with E-state index in [1.807, 2.05) is 19.1 Å². The molecule has 0 spiro atoms. The molecule has 0 radical (unpaired) electrons. The first-order chi connectivity index (χ1) is 8.13. The van der Waals surface area contributed by atoms with Gasteiger partial charge in [0.2, 0.25) is 0 Å². The van der Waals surface area contributed by atoms with Gasteiger partial charge in [0, 0.05) is 5.39 Å². The summed E-state index contributed by atoms with van der Waals surface area (Å²) in [6, 6.07) is 7.16. The molecule has 1 aromatic heterocycles. The minimum Gasteiger partial charge on any atom is -0.481 e. The first kappa shape index (κ1) is 11.4. The fraction of sp³-hybridized carbons (Fsp3) is 0.231. The molecule has 0 amide bonds. The number of rotatable bonds is 3. The van der Waals surface area contributed by atoms with E-state index < -0.39 is 11.6 Å². The molecule has 0 saturated carbocycles. The normalized spacial score (nSPS) is 10.6. The van der Waals surface area contributed by atoms with Gasteiger partial charge in [0.1, 0.15) is 5.58 Å². The molecule has 1 aromatic carbocycles. The summed E-state index contributed by atoms with van der Waals surface area (Å²) in [6.07, 6.45) is 0.311. The number of hydrogen-bond donors (Lipinski definition) is 1. The lowest BCUT2D eigenvalue weighted by Crippen LogP contribution is -2.15. The zero-order valence-corrected chi connectivity index (χ0v) is 9.40. The van der Waals surface area contributed by atoms with Crippen LogP contribution in [0.1, 0.15) is 18.1 Å². The Morgan fingerprint density at radius 2 is 2.00 bits per heavy atom. The molecular weight excluding hydrogens is 220 g/mol. The van der Waals surface area contributed by atoms with E-state index in [0.717, 1.165) is 10.9 Å². The van der Waals surface area contributed by atoms with Crippen molar-refractivity contribution < 1.29 is 14.3 Å². The van der Waals surface area contributed by atoms with Crippen molar-refractivity contribution in [1.82, 2.24) is 0 Å². The average molecular weight is 232 g/mol. The van der Waals surface area contributed by atoms with Crippen molar-refractivity contribution in [2.45, 2.75) is 19.8 Å². The SMILES string of the molecule is CCc1c(CC(=O)O)c(=O)oc2ccccc12. The highest BCUT2D eigenvalue weighted by Gasteiger charge is 2.15. The lowest BCUT2D eigenvalue weighted by Gasteiger charge is -2.07. The number of hydrogen-bond acceptors (Lipinski definition) is 3. The fourth-order valence-corrected chi connectivity index (χ4v) is 1.99. The van der Waals surface area contributed by atoms with E-state index in [2.05, 4.69) is 0 Å². The monoisotopic (exact) mass is 232 g/mol. The van der Waals surface area contributed by atoms with Crippen LogP contribution in [0, 0.1) is 0 Å². The second-order valence-corrected chi connectivity index (χ2v) is 3.77. The Kier molecular flexibility index (Phi) is 2.95. The third kappa shape index (κ3) is 2.06. The van der Waals surface area contributed by atoms with E-state index in [-0.39, 0.29) is 12.0 Å². The fourth-order valence-electron chi connectivity index (χ4n) is 1.99. The Morgan fingerprint density at radius 1 is 1.29 bits per heavy atom. The zero-order chi connectivity index (χ0) is 12.4. The first-order valence-corrected chi connectivity index (χ1v) is 5.39. The molecule has 17 heavy (non-hydrogen) atoms. The molecule has 0 aliphatic carbocycles. The zero-order valence-electron chi connectivity index (χ0n) is 9.40. The predicted molar refractivity (Wildman–Crippen MR) is 63.2 cm³/mol. The Bertz CT molecular complexity index is 625. The van der Waals surface area contributed by atoms with Gasteiger partial charge in [-0.3, -0.25) is 4.79 Å². The van der Waals surface area contributed by atoms with Gasteiger partial charge in [-0.25, -0.2) is 4.79 Å². The highest BCUT2D eigenvalue weighted by Crippen LogP contribution is 2.20. The number of aliphatic carboxylic acids is 1. The lowest BCUT2D eigenvalue weighted by atomic mass is 10.0. The second-order valence-electron chi connectivity index (χ2n) is 3.77. The van der Waals surface area contributed by atoms with Crippen LogP contribution in [0.5, 0.6) is 0 Å². The van der Waals surface area contributed by atoms with Gasteiger partial charge in [-0.15, -0.1) is 0 Å². The highest BCUT2D eigenvalue weighted by molar-refractivity contribution is 5.82. The van der Waals surface area contributed by atoms with Crippen molar-refractivity contribution >= 4 is 16.9 Å². The molecule has 0 aliphatic heterocycles. The van der Waals surface area contributed by atoms with E-state index in [9.17, 15) is 9.59 Å². The highest BCUT2D eigenvalue weighted by atomic mass is 16.4. The minimum absolute atomic E-state index is 0.249. The van der Waals surface area contributed by atoms with Crippen LogP contribution in [-0.2, 0) is 17.6 Å². The van der Waals surface area contributed by atoms with E-state index in [1.54, 1.807) is 12.1 Å². The summed E-state index contributed by atoms with van der Waals surface area (Å²) in [7, 11) is 0. The molecule has 0 unspecified atom stereocenters. The average Bonchev–Trinajstić information content (AvgIpc) is 2.29. The molecule has 0 bridgehead atoms. The molecule has 1 N–H and O–H groups in total. The molecule has 4 heteroatoms. The van der Waals surface area contributed by atoms with Crippen molar-refractivity contribution in [2.24, 2.45) is 0 Å².